The van der Waals surface area contributed by atoms with E-state index in [0.29, 0.717) is 6.04 Å². The van der Waals surface area contributed by atoms with Gasteiger partial charge in [-0.05, 0) is 38.0 Å². The summed E-state index contributed by atoms with van der Waals surface area (Å²) in [5.41, 5.74) is 6.40. The molecule has 0 aromatic heterocycles. The standard InChI is InChI=1S/C15H32N2O/c1-5-14(6-2)17(9-10-18-4)15(12-16)8-7-13(3)11-15/h13-14H,5-12,16H2,1-4H3. The van der Waals surface area contributed by atoms with Crippen molar-refractivity contribution in [2.75, 3.05) is 26.8 Å². The van der Waals surface area contributed by atoms with E-state index in [1.165, 1.54) is 32.1 Å². The summed E-state index contributed by atoms with van der Waals surface area (Å²) in [7, 11) is 1.79. The summed E-state index contributed by atoms with van der Waals surface area (Å²) in [5.74, 6) is 0.813. The van der Waals surface area contributed by atoms with Crippen LogP contribution in [0.2, 0.25) is 0 Å². The van der Waals surface area contributed by atoms with Crippen molar-refractivity contribution in [2.45, 2.75) is 64.5 Å². The first-order valence-electron chi connectivity index (χ1n) is 7.59. The molecule has 0 radical (unpaired) electrons. The molecule has 0 aliphatic heterocycles. The van der Waals surface area contributed by atoms with Crippen molar-refractivity contribution in [1.82, 2.24) is 4.90 Å². The van der Waals surface area contributed by atoms with Crippen molar-refractivity contribution >= 4 is 0 Å². The molecule has 0 aromatic carbocycles. The number of ether oxygens (including phenoxy) is 1. The Morgan fingerprint density at radius 3 is 2.44 bits per heavy atom. The van der Waals surface area contributed by atoms with E-state index < -0.39 is 0 Å². The maximum absolute atomic E-state index is 6.17. The fourth-order valence-corrected chi connectivity index (χ4v) is 3.66. The molecule has 2 atom stereocenters. The molecular weight excluding hydrogens is 224 g/mol. The molecule has 1 aliphatic rings. The van der Waals surface area contributed by atoms with Gasteiger partial charge in [0.1, 0.15) is 0 Å². The van der Waals surface area contributed by atoms with E-state index in [1.807, 2.05) is 0 Å². The molecule has 18 heavy (non-hydrogen) atoms. The van der Waals surface area contributed by atoms with Crippen molar-refractivity contribution in [1.29, 1.82) is 0 Å². The van der Waals surface area contributed by atoms with Crippen LogP contribution in [0.5, 0.6) is 0 Å². The Balaban J connectivity index is 2.84. The quantitative estimate of drug-likeness (QED) is 0.725. The number of nitrogens with zero attached hydrogens (tertiary/aromatic N) is 1. The molecular formula is C15H32N2O. The smallest absolute Gasteiger partial charge is 0.0590 e. The van der Waals surface area contributed by atoms with Crippen molar-refractivity contribution in [3.63, 3.8) is 0 Å². The van der Waals surface area contributed by atoms with Crippen LogP contribution in [0.4, 0.5) is 0 Å². The lowest BCUT2D eigenvalue weighted by atomic mass is 9.90. The zero-order valence-corrected chi connectivity index (χ0v) is 12.7. The fourth-order valence-electron chi connectivity index (χ4n) is 3.66. The van der Waals surface area contributed by atoms with Gasteiger partial charge < -0.3 is 10.5 Å². The first kappa shape index (κ1) is 15.9. The summed E-state index contributed by atoms with van der Waals surface area (Å²) in [6.45, 7) is 9.56. The molecule has 3 heteroatoms. The van der Waals surface area contributed by atoms with Crippen LogP contribution in [-0.2, 0) is 4.74 Å². The molecule has 3 nitrogen and oxygen atoms in total. The van der Waals surface area contributed by atoms with Gasteiger partial charge in [-0.25, -0.2) is 0 Å². The van der Waals surface area contributed by atoms with Crippen LogP contribution in [0.3, 0.4) is 0 Å². The molecule has 0 aromatic rings. The molecule has 108 valence electrons. The van der Waals surface area contributed by atoms with Gasteiger partial charge >= 0.3 is 0 Å². The molecule has 0 spiro atoms. The summed E-state index contributed by atoms with van der Waals surface area (Å²) >= 11 is 0. The Hall–Kier alpha value is -0.120. The number of hydrogen-bond donors (Lipinski definition) is 1. The van der Waals surface area contributed by atoms with E-state index in [-0.39, 0.29) is 5.54 Å². The van der Waals surface area contributed by atoms with Crippen molar-refractivity contribution < 1.29 is 4.74 Å². The number of rotatable bonds is 8. The molecule has 2 N–H and O–H groups in total. The van der Waals surface area contributed by atoms with Crippen LogP contribution in [0.25, 0.3) is 0 Å². The van der Waals surface area contributed by atoms with Gasteiger partial charge in [-0.3, -0.25) is 4.90 Å². The molecule has 1 saturated carbocycles. The minimum atomic E-state index is 0.231. The van der Waals surface area contributed by atoms with Gasteiger partial charge in [0, 0.05) is 31.8 Å². The Bertz CT molecular complexity index is 231. The van der Waals surface area contributed by atoms with Gasteiger partial charge in [0.05, 0.1) is 6.61 Å². The van der Waals surface area contributed by atoms with Gasteiger partial charge in [-0.15, -0.1) is 0 Å². The molecule has 2 unspecified atom stereocenters. The maximum Gasteiger partial charge on any atom is 0.0590 e. The van der Waals surface area contributed by atoms with Crippen LogP contribution in [0.15, 0.2) is 0 Å². The Kier molecular flexibility index (Phi) is 6.61. The normalized spacial score (nSPS) is 28.5. The second-order valence-corrected chi connectivity index (χ2v) is 5.93. The Morgan fingerprint density at radius 1 is 1.39 bits per heavy atom. The Morgan fingerprint density at radius 2 is 2.06 bits per heavy atom. The van der Waals surface area contributed by atoms with E-state index in [9.17, 15) is 0 Å². The van der Waals surface area contributed by atoms with Gasteiger partial charge in [0.15, 0.2) is 0 Å². The average Bonchev–Trinajstić information content (AvgIpc) is 2.77. The van der Waals surface area contributed by atoms with Gasteiger partial charge in [0.25, 0.3) is 0 Å². The molecule has 0 amide bonds. The average molecular weight is 256 g/mol. The lowest BCUT2D eigenvalue weighted by Crippen LogP contribution is -2.57. The van der Waals surface area contributed by atoms with Crippen LogP contribution in [0, 0.1) is 5.92 Å². The number of methoxy groups -OCH3 is 1. The lowest BCUT2D eigenvalue weighted by molar-refractivity contribution is 0.0208. The number of hydrogen-bond acceptors (Lipinski definition) is 3. The van der Waals surface area contributed by atoms with Crippen LogP contribution in [0.1, 0.15) is 52.9 Å². The van der Waals surface area contributed by atoms with Crippen molar-refractivity contribution in [3.05, 3.63) is 0 Å². The van der Waals surface area contributed by atoms with E-state index in [2.05, 4.69) is 25.7 Å². The monoisotopic (exact) mass is 256 g/mol. The minimum absolute atomic E-state index is 0.231. The summed E-state index contributed by atoms with van der Waals surface area (Å²) < 4.78 is 5.30. The van der Waals surface area contributed by atoms with Crippen molar-refractivity contribution in [2.24, 2.45) is 11.7 Å². The third-order valence-electron chi connectivity index (χ3n) is 4.74. The summed E-state index contributed by atoms with van der Waals surface area (Å²) in [5, 5.41) is 0. The van der Waals surface area contributed by atoms with E-state index in [0.717, 1.165) is 25.6 Å². The van der Waals surface area contributed by atoms with Crippen LogP contribution >= 0.6 is 0 Å². The van der Waals surface area contributed by atoms with Crippen molar-refractivity contribution in [3.8, 4) is 0 Å². The fraction of sp³-hybridized carbons (Fsp3) is 1.00. The summed E-state index contributed by atoms with van der Waals surface area (Å²) in [6, 6.07) is 0.647. The molecule has 1 rings (SSSR count). The largest absolute Gasteiger partial charge is 0.383 e. The molecule has 0 heterocycles. The highest BCUT2D eigenvalue weighted by Crippen LogP contribution is 2.40. The third-order valence-corrected chi connectivity index (χ3v) is 4.74. The highest BCUT2D eigenvalue weighted by atomic mass is 16.5. The highest BCUT2D eigenvalue weighted by Gasteiger charge is 2.43. The molecule has 1 fully saturated rings. The number of nitrogens with two attached hydrogens (primary N) is 1. The summed E-state index contributed by atoms with van der Waals surface area (Å²) in [6.07, 6.45) is 6.24. The predicted octanol–water partition coefficient (Wildman–Crippen LogP) is 2.64. The maximum atomic E-state index is 6.17. The van der Waals surface area contributed by atoms with E-state index in [1.54, 1.807) is 7.11 Å². The Labute approximate surface area is 113 Å². The summed E-state index contributed by atoms with van der Waals surface area (Å²) in [4.78, 5) is 2.67. The van der Waals surface area contributed by atoms with Gasteiger partial charge in [-0.2, -0.15) is 0 Å². The second-order valence-electron chi connectivity index (χ2n) is 5.93. The van der Waals surface area contributed by atoms with Crippen LogP contribution in [-0.4, -0.2) is 43.3 Å². The first-order valence-corrected chi connectivity index (χ1v) is 7.59. The van der Waals surface area contributed by atoms with Gasteiger partial charge in [-0.1, -0.05) is 20.8 Å². The zero-order valence-electron chi connectivity index (χ0n) is 12.7. The second kappa shape index (κ2) is 7.46. The van der Waals surface area contributed by atoms with E-state index >= 15 is 0 Å². The van der Waals surface area contributed by atoms with Crippen LogP contribution < -0.4 is 5.73 Å². The zero-order chi connectivity index (χ0) is 13.6. The third kappa shape index (κ3) is 3.46. The molecule has 0 saturated heterocycles. The topological polar surface area (TPSA) is 38.5 Å². The minimum Gasteiger partial charge on any atom is -0.383 e. The highest BCUT2D eigenvalue weighted by molar-refractivity contribution is 5.00. The first-order chi connectivity index (χ1) is 8.63. The van der Waals surface area contributed by atoms with Gasteiger partial charge in [0.2, 0.25) is 0 Å². The predicted molar refractivity (Wildman–Crippen MR) is 77.8 cm³/mol. The van der Waals surface area contributed by atoms with E-state index in [4.69, 9.17) is 10.5 Å². The lowest BCUT2D eigenvalue weighted by Gasteiger charge is -2.45. The molecule has 0 bridgehead atoms. The molecule has 1 aliphatic carbocycles. The SMILES string of the molecule is CCC(CC)N(CCOC)C1(CN)CCC(C)C1.